The lowest BCUT2D eigenvalue weighted by atomic mass is 10.1. The minimum absolute atomic E-state index is 0.129. The predicted molar refractivity (Wildman–Crippen MR) is 49.9 cm³/mol. The van der Waals surface area contributed by atoms with Crippen LogP contribution in [0.15, 0.2) is 4.99 Å². The summed E-state index contributed by atoms with van der Waals surface area (Å²) in [5.74, 6) is -0.916. The highest BCUT2D eigenvalue weighted by molar-refractivity contribution is 5.78. The van der Waals surface area contributed by atoms with E-state index in [2.05, 4.69) is 4.99 Å². The molecule has 0 radical (unpaired) electrons. The van der Waals surface area contributed by atoms with Gasteiger partial charge in [0, 0.05) is 0 Å². The first kappa shape index (κ1) is 10.6. The van der Waals surface area contributed by atoms with Crippen molar-refractivity contribution in [2.24, 2.45) is 10.7 Å². The van der Waals surface area contributed by atoms with E-state index in [0.29, 0.717) is 11.7 Å². The van der Waals surface area contributed by atoms with Gasteiger partial charge in [0.15, 0.2) is 12.0 Å². The Labute approximate surface area is 87.0 Å². The molecule has 2 heterocycles. The molecule has 86 valence electrons. The standard InChI is InChI=1S/C8H15N3O4/c1-8(2)14-3-4-5(15-8)6(12)11(13)7(9)10-4/h4-6,12-13H,3H2,1-2H3,(H2,9,10)/t4-,5+,6-/m1/s1. The summed E-state index contributed by atoms with van der Waals surface area (Å²) < 4.78 is 10.8. The summed E-state index contributed by atoms with van der Waals surface area (Å²) >= 11 is 0. The number of aliphatic imine (C=N–C) groups is 1. The van der Waals surface area contributed by atoms with Crippen LogP contribution in [0.1, 0.15) is 13.8 Å². The Morgan fingerprint density at radius 3 is 2.93 bits per heavy atom. The zero-order valence-corrected chi connectivity index (χ0v) is 8.62. The molecule has 4 N–H and O–H groups in total. The van der Waals surface area contributed by atoms with Crippen LogP contribution in [0.5, 0.6) is 0 Å². The smallest absolute Gasteiger partial charge is 0.218 e. The average molecular weight is 217 g/mol. The fraction of sp³-hybridized carbons (Fsp3) is 0.875. The topological polar surface area (TPSA) is 101 Å². The van der Waals surface area contributed by atoms with Crippen molar-refractivity contribution in [1.29, 1.82) is 0 Å². The largest absolute Gasteiger partial charge is 0.369 e. The van der Waals surface area contributed by atoms with E-state index in [1.807, 2.05) is 0 Å². The van der Waals surface area contributed by atoms with Gasteiger partial charge in [-0.15, -0.1) is 0 Å². The number of fused-ring (bicyclic) bond motifs is 1. The maximum atomic E-state index is 9.71. The molecule has 1 fully saturated rings. The van der Waals surface area contributed by atoms with E-state index >= 15 is 0 Å². The molecule has 3 atom stereocenters. The molecule has 0 amide bonds. The molecule has 15 heavy (non-hydrogen) atoms. The number of nitrogens with zero attached hydrogens (tertiary/aromatic N) is 2. The second-order valence-electron chi connectivity index (χ2n) is 4.11. The van der Waals surface area contributed by atoms with Gasteiger partial charge in [-0.2, -0.15) is 5.06 Å². The number of hydrogen-bond acceptors (Lipinski definition) is 7. The third-order valence-electron chi connectivity index (χ3n) is 2.48. The number of rotatable bonds is 0. The Kier molecular flexibility index (Phi) is 2.34. The van der Waals surface area contributed by atoms with E-state index in [1.165, 1.54) is 0 Å². The third kappa shape index (κ3) is 1.78. The highest BCUT2D eigenvalue weighted by Crippen LogP contribution is 2.28. The zero-order valence-electron chi connectivity index (χ0n) is 8.62. The molecule has 0 unspecified atom stereocenters. The highest BCUT2D eigenvalue weighted by atomic mass is 16.7. The highest BCUT2D eigenvalue weighted by Gasteiger charge is 2.45. The molecule has 2 aliphatic heterocycles. The molecule has 2 aliphatic rings. The molecule has 0 aromatic rings. The first-order valence-corrected chi connectivity index (χ1v) is 4.72. The fourth-order valence-corrected chi connectivity index (χ4v) is 1.70. The summed E-state index contributed by atoms with van der Waals surface area (Å²) in [5, 5.41) is 19.6. The first-order chi connectivity index (χ1) is 6.91. The monoisotopic (exact) mass is 217 g/mol. The predicted octanol–water partition coefficient (Wildman–Crippen LogP) is -1.16. The van der Waals surface area contributed by atoms with E-state index in [-0.39, 0.29) is 12.0 Å². The van der Waals surface area contributed by atoms with E-state index in [1.54, 1.807) is 13.8 Å². The summed E-state index contributed by atoms with van der Waals surface area (Å²) in [6, 6.07) is -0.378. The molecule has 0 aromatic carbocycles. The van der Waals surface area contributed by atoms with Gasteiger partial charge < -0.3 is 20.3 Å². The quantitative estimate of drug-likeness (QED) is 0.473. The lowest BCUT2D eigenvalue weighted by Crippen LogP contribution is -2.62. The van der Waals surface area contributed by atoms with Crippen molar-refractivity contribution in [1.82, 2.24) is 5.06 Å². The zero-order chi connectivity index (χ0) is 11.2. The lowest BCUT2D eigenvalue weighted by molar-refractivity contribution is -0.322. The van der Waals surface area contributed by atoms with E-state index < -0.39 is 18.1 Å². The fourth-order valence-electron chi connectivity index (χ4n) is 1.70. The van der Waals surface area contributed by atoms with Gasteiger partial charge in [0.2, 0.25) is 5.96 Å². The van der Waals surface area contributed by atoms with Gasteiger partial charge in [-0.25, -0.2) is 4.99 Å². The molecule has 0 bridgehead atoms. The third-order valence-corrected chi connectivity index (χ3v) is 2.48. The maximum absolute atomic E-state index is 9.71. The van der Waals surface area contributed by atoms with Gasteiger partial charge in [-0.05, 0) is 13.8 Å². The second-order valence-corrected chi connectivity index (χ2v) is 4.11. The van der Waals surface area contributed by atoms with E-state index in [9.17, 15) is 10.3 Å². The lowest BCUT2D eigenvalue weighted by Gasteiger charge is -2.45. The minimum atomic E-state index is -1.21. The molecular formula is C8H15N3O4. The Morgan fingerprint density at radius 2 is 2.27 bits per heavy atom. The summed E-state index contributed by atoms with van der Waals surface area (Å²) in [5.41, 5.74) is 5.40. The summed E-state index contributed by atoms with van der Waals surface area (Å²) in [6.45, 7) is 3.78. The summed E-state index contributed by atoms with van der Waals surface area (Å²) in [4.78, 5) is 3.96. The van der Waals surface area contributed by atoms with Gasteiger partial charge in [0.1, 0.15) is 12.1 Å². The molecule has 0 saturated carbocycles. The van der Waals surface area contributed by atoms with Crippen LogP contribution >= 0.6 is 0 Å². The van der Waals surface area contributed by atoms with Crippen LogP contribution in [0, 0.1) is 0 Å². The molecular weight excluding hydrogens is 202 g/mol. The van der Waals surface area contributed by atoms with Crippen molar-refractivity contribution in [3.05, 3.63) is 0 Å². The number of hydroxylamine groups is 2. The Balaban J connectivity index is 2.22. The Morgan fingerprint density at radius 1 is 1.60 bits per heavy atom. The van der Waals surface area contributed by atoms with Gasteiger partial charge in [0.25, 0.3) is 0 Å². The van der Waals surface area contributed by atoms with Crippen LogP contribution in [0.4, 0.5) is 0 Å². The Hall–Kier alpha value is -0.890. The van der Waals surface area contributed by atoms with Gasteiger partial charge in [0.05, 0.1) is 6.61 Å². The number of aliphatic hydroxyl groups excluding tert-OH is 1. The number of ether oxygens (including phenoxy) is 2. The summed E-state index contributed by atoms with van der Waals surface area (Å²) in [7, 11) is 0. The summed E-state index contributed by atoms with van der Waals surface area (Å²) in [6.07, 6.45) is -1.85. The van der Waals surface area contributed by atoms with Crippen molar-refractivity contribution in [2.45, 2.75) is 38.0 Å². The number of hydrogen-bond donors (Lipinski definition) is 3. The maximum Gasteiger partial charge on any atom is 0.218 e. The molecule has 2 rings (SSSR count). The number of nitrogens with two attached hydrogens (primary N) is 1. The molecule has 7 heteroatoms. The molecule has 0 aromatic heterocycles. The molecule has 0 spiro atoms. The van der Waals surface area contributed by atoms with E-state index in [0.717, 1.165) is 0 Å². The van der Waals surface area contributed by atoms with Crippen molar-refractivity contribution >= 4 is 5.96 Å². The molecule has 0 aliphatic carbocycles. The van der Waals surface area contributed by atoms with Gasteiger partial charge >= 0.3 is 0 Å². The van der Waals surface area contributed by atoms with Crippen LogP contribution in [0.3, 0.4) is 0 Å². The average Bonchev–Trinajstić information content (AvgIpc) is 2.16. The SMILES string of the molecule is CC1(C)OC[C@H]2N=C(N)N(O)[C@H](O)[C@H]2O1. The van der Waals surface area contributed by atoms with Gasteiger partial charge in [-0.1, -0.05) is 0 Å². The number of guanidine groups is 1. The van der Waals surface area contributed by atoms with Crippen LogP contribution < -0.4 is 5.73 Å². The van der Waals surface area contributed by atoms with E-state index in [4.69, 9.17) is 15.2 Å². The van der Waals surface area contributed by atoms with Crippen LogP contribution in [-0.2, 0) is 9.47 Å². The Bertz CT molecular complexity index is 294. The minimum Gasteiger partial charge on any atom is -0.369 e. The first-order valence-electron chi connectivity index (χ1n) is 4.72. The van der Waals surface area contributed by atoms with Crippen LogP contribution in [0.25, 0.3) is 0 Å². The second kappa shape index (κ2) is 3.31. The van der Waals surface area contributed by atoms with Crippen LogP contribution in [-0.4, -0.2) is 52.1 Å². The number of aliphatic hydroxyl groups is 1. The van der Waals surface area contributed by atoms with Crippen molar-refractivity contribution in [3.63, 3.8) is 0 Å². The van der Waals surface area contributed by atoms with Crippen molar-refractivity contribution in [3.8, 4) is 0 Å². The normalized spacial score (nSPS) is 39.6. The van der Waals surface area contributed by atoms with Crippen molar-refractivity contribution < 1.29 is 19.8 Å². The molecule has 7 nitrogen and oxygen atoms in total. The van der Waals surface area contributed by atoms with Crippen LogP contribution in [0.2, 0.25) is 0 Å². The van der Waals surface area contributed by atoms with Crippen molar-refractivity contribution in [2.75, 3.05) is 6.61 Å². The molecule has 1 saturated heterocycles. The van der Waals surface area contributed by atoms with Gasteiger partial charge in [-0.3, -0.25) is 5.21 Å².